The lowest BCUT2D eigenvalue weighted by molar-refractivity contribution is 0.122. The van der Waals surface area contributed by atoms with Gasteiger partial charge in [0.2, 0.25) is 0 Å². The summed E-state index contributed by atoms with van der Waals surface area (Å²) in [4.78, 5) is 21.2. The fraction of sp³-hybridized carbons (Fsp3) is 0.474. The lowest BCUT2D eigenvalue weighted by Gasteiger charge is -2.35. The first kappa shape index (κ1) is 18.2. The van der Waals surface area contributed by atoms with Crippen molar-refractivity contribution in [3.05, 3.63) is 46.2 Å². The van der Waals surface area contributed by atoms with Crippen molar-refractivity contribution in [1.82, 2.24) is 15.2 Å². The van der Waals surface area contributed by atoms with Crippen LogP contribution in [-0.4, -0.2) is 48.8 Å². The van der Waals surface area contributed by atoms with Crippen molar-refractivity contribution in [2.24, 2.45) is 0 Å². The Morgan fingerprint density at radius 2 is 2.19 bits per heavy atom. The number of rotatable bonds is 3. The minimum Gasteiger partial charge on any atom is -0.378 e. The van der Waals surface area contributed by atoms with Crippen LogP contribution in [0.2, 0.25) is 0 Å². The molecule has 3 heterocycles. The minimum absolute atomic E-state index is 0.140. The third-order valence-electron chi connectivity index (χ3n) is 5.15. The van der Waals surface area contributed by atoms with Gasteiger partial charge in [0.1, 0.15) is 5.82 Å². The Kier molecular flexibility index (Phi) is 5.27. The summed E-state index contributed by atoms with van der Waals surface area (Å²) in [5.41, 5.74) is 2.85. The lowest BCUT2D eigenvalue weighted by Crippen LogP contribution is -2.44. The predicted octanol–water partition coefficient (Wildman–Crippen LogP) is 2.95. The van der Waals surface area contributed by atoms with Gasteiger partial charge in [-0.3, -0.25) is 0 Å². The molecular formula is C19H23FN4O2S. The molecule has 2 aliphatic rings. The highest BCUT2D eigenvalue weighted by Crippen LogP contribution is 2.30. The summed E-state index contributed by atoms with van der Waals surface area (Å²) in [5.74, 6) is -0.263. The van der Waals surface area contributed by atoms with Crippen molar-refractivity contribution in [3.8, 4) is 0 Å². The van der Waals surface area contributed by atoms with E-state index in [4.69, 9.17) is 4.74 Å². The van der Waals surface area contributed by atoms with E-state index in [1.54, 1.807) is 16.2 Å². The SMILES string of the molecule is CC1c2cc(F)ccc2CCN1C(=O)NCc1csc(N2CCOCC2)n1. The van der Waals surface area contributed by atoms with Gasteiger partial charge in [0, 0.05) is 25.0 Å². The van der Waals surface area contributed by atoms with Crippen LogP contribution in [0.1, 0.15) is 29.8 Å². The molecule has 0 saturated carbocycles. The predicted molar refractivity (Wildman–Crippen MR) is 103 cm³/mol. The third kappa shape index (κ3) is 3.91. The monoisotopic (exact) mass is 390 g/mol. The number of thiazole rings is 1. The maximum absolute atomic E-state index is 13.6. The van der Waals surface area contributed by atoms with Gasteiger partial charge >= 0.3 is 6.03 Å². The Bertz CT molecular complexity index is 822. The second-order valence-electron chi connectivity index (χ2n) is 6.84. The summed E-state index contributed by atoms with van der Waals surface area (Å²) >= 11 is 1.59. The number of benzene rings is 1. The first-order valence-corrected chi connectivity index (χ1v) is 10.1. The highest BCUT2D eigenvalue weighted by Gasteiger charge is 2.28. The maximum Gasteiger partial charge on any atom is 0.318 e. The smallest absolute Gasteiger partial charge is 0.318 e. The third-order valence-corrected chi connectivity index (χ3v) is 6.10. The number of carbonyl (C=O) groups excluding carboxylic acids is 1. The fourth-order valence-corrected chi connectivity index (χ4v) is 4.49. The van der Waals surface area contributed by atoms with Crippen LogP contribution in [0.4, 0.5) is 14.3 Å². The van der Waals surface area contributed by atoms with Crippen molar-refractivity contribution in [3.63, 3.8) is 0 Å². The van der Waals surface area contributed by atoms with E-state index in [0.29, 0.717) is 13.1 Å². The Hall–Kier alpha value is -2.19. The van der Waals surface area contributed by atoms with Crippen molar-refractivity contribution in [2.45, 2.75) is 25.9 Å². The molecule has 27 heavy (non-hydrogen) atoms. The Labute approximate surface area is 161 Å². The molecule has 0 bridgehead atoms. The van der Waals surface area contributed by atoms with Crippen LogP contribution in [0.15, 0.2) is 23.6 Å². The topological polar surface area (TPSA) is 57.7 Å². The molecule has 144 valence electrons. The normalized spacial score (nSPS) is 19.7. The fourth-order valence-electron chi connectivity index (χ4n) is 3.61. The molecule has 0 spiro atoms. The minimum atomic E-state index is -0.263. The molecule has 0 radical (unpaired) electrons. The van der Waals surface area contributed by atoms with Crippen molar-refractivity contribution in [1.29, 1.82) is 0 Å². The van der Waals surface area contributed by atoms with E-state index in [1.165, 1.54) is 12.1 Å². The molecule has 6 nitrogen and oxygen atoms in total. The molecule has 2 aromatic rings. The van der Waals surface area contributed by atoms with Gasteiger partial charge in [-0.2, -0.15) is 0 Å². The number of ether oxygens (including phenoxy) is 1. The quantitative estimate of drug-likeness (QED) is 0.876. The van der Waals surface area contributed by atoms with Crippen LogP contribution in [0.25, 0.3) is 0 Å². The molecule has 2 aliphatic heterocycles. The van der Waals surface area contributed by atoms with Gasteiger partial charge in [-0.15, -0.1) is 11.3 Å². The van der Waals surface area contributed by atoms with Crippen LogP contribution < -0.4 is 10.2 Å². The Morgan fingerprint density at radius 3 is 3.00 bits per heavy atom. The van der Waals surface area contributed by atoms with E-state index in [9.17, 15) is 9.18 Å². The van der Waals surface area contributed by atoms with Gasteiger partial charge in [-0.05, 0) is 36.6 Å². The summed E-state index contributed by atoms with van der Waals surface area (Å²) in [6.45, 7) is 6.10. The zero-order valence-corrected chi connectivity index (χ0v) is 16.1. The standard InChI is InChI=1S/C19H23FN4O2S/c1-13-17-10-15(20)3-2-14(17)4-5-24(13)18(25)21-11-16-12-27-19(22-16)23-6-8-26-9-7-23/h2-3,10,12-13H,4-9,11H2,1H3,(H,21,25). The highest BCUT2D eigenvalue weighted by molar-refractivity contribution is 7.13. The number of urea groups is 1. The number of anilines is 1. The van der Waals surface area contributed by atoms with Gasteiger partial charge in [-0.1, -0.05) is 6.07 Å². The summed E-state index contributed by atoms with van der Waals surface area (Å²) < 4.78 is 18.9. The average molecular weight is 390 g/mol. The molecule has 1 saturated heterocycles. The number of amides is 2. The van der Waals surface area contributed by atoms with Crippen LogP contribution in [0, 0.1) is 5.82 Å². The largest absolute Gasteiger partial charge is 0.378 e. The van der Waals surface area contributed by atoms with Crippen molar-refractivity contribution in [2.75, 3.05) is 37.7 Å². The second-order valence-corrected chi connectivity index (χ2v) is 7.68. The zero-order chi connectivity index (χ0) is 18.8. The van der Waals surface area contributed by atoms with Crippen LogP contribution >= 0.6 is 11.3 Å². The molecule has 1 aromatic carbocycles. The van der Waals surface area contributed by atoms with E-state index < -0.39 is 0 Å². The lowest BCUT2D eigenvalue weighted by atomic mass is 9.94. The number of aromatic nitrogens is 1. The first-order chi connectivity index (χ1) is 13.1. The van der Waals surface area contributed by atoms with E-state index >= 15 is 0 Å². The molecule has 1 unspecified atom stereocenters. The van der Waals surface area contributed by atoms with Gasteiger partial charge in [0.05, 0.1) is 31.5 Å². The molecular weight excluding hydrogens is 367 g/mol. The molecule has 2 amide bonds. The van der Waals surface area contributed by atoms with E-state index in [-0.39, 0.29) is 17.9 Å². The summed E-state index contributed by atoms with van der Waals surface area (Å²) in [7, 11) is 0. The van der Waals surface area contributed by atoms with Crippen molar-refractivity contribution >= 4 is 22.5 Å². The molecule has 8 heteroatoms. The number of nitrogens with zero attached hydrogens (tertiary/aromatic N) is 3. The molecule has 1 aromatic heterocycles. The number of morpholine rings is 1. The molecule has 1 N–H and O–H groups in total. The van der Waals surface area contributed by atoms with E-state index in [2.05, 4.69) is 15.2 Å². The van der Waals surface area contributed by atoms with E-state index in [0.717, 1.165) is 54.7 Å². The summed E-state index contributed by atoms with van der Waals surface area (Å²) in [6, 6.07) is 4.55. The Morgan fingerprint density at radius 1 is 1.37 bits per heavy atom. The molecule has 1 fully saturated rings. The maximum atomic E-state index is 13.6. The van der Waals surface area contributed by atoms with Gasteiger partial charge in [0.15, 0.2) is 5.13 Å². The van der Waals surface area contributed by atoms with Crippen LogP contribution in [0.3, 0.4) is 0 Å². The van der Waals surface area contributed by atoms with Gasteiger partial charge < -0.3 is 19.9 Å². The first-order valence-electron chi connectivity index (χ1n) is 9.21. The summed E-state index contributed by atoms with van der Waals surface area (Å²) in [6.07, 6.45) is 0.741. The zero-order valence-electron chi connectivity index (χ0n) is 15.3. The number of fused-ring (bicyclic) bond motifs is 1. The van der Waals surface area contributed by atoms with Crippen molar-refractivity contribution < 1.29 is 13.9 Å². The van der Waals surface area contributed by atoms with E-state index in [1.807, 2.05) is 18.4 Å². The Balaban J connectivity index is 1.36. The van der Waals surface area contributed by atoms with Crippen LogP contribution in [0.5, 0.6) is 0 Å². The van der Waals surface area contributed by atoms with Crippen LogP contribution in [-0.2, 0) is 17.7 Å². The molecule has 1 atom stereocenters. The number of carbonyl (C=O) groups is 1. The second kappa shape index (κ2) is 7.82. The van der Waals surface area contributed by atoms with Gasteiger partial charge in [0.25, 0.3) is 0 Å². The number of hydrogen-bond donors (Lipinski definition) is 1. The molecule has 4 rings (SSSR count). The number of halogens is 1. The molecule has 0 aliphatic carbocycles. The van der Waals surface area contributed by atoms with Gasteiger partial charge in [-0.25, -0.2) is 14.2 Å². The highest BCUT2D eigenvalue weighted by atomic mass is 32.1. The number of hydrogen-bond acceptors (Lipinski definition) is 5. The number of nitrogens with one attached hydrogen (secondary N) is 1. The summed E-state index contributed by atoms with van der Waals surface area (Å²) in [5, 5.41) is 5.91. The average Bonchev–Trinajstić information content (AvgIpc) is 3.17.